The summed E-state index contributed by atoms with van der Waals surface area (Å²) < 4.78 is 1.85. The molecule has 0 saturated heterocycles. The Bertz CT molecular complexity index is 1040. The second-order valence-electron chi connectivity index (χ2n) is 6.82. The van der Waals surface area contributed by atoms with Gasteiger partial charge in [0.05, 0.1) is 12.6 Å². The highest BCUT2D eigenvalue weighted by Crippen LogP contribution is 2.36. The molecule has 9 nitrogen and oxygen atoms in total. The first-order valence-electron chi connectivity index (χ1n) is 9.38. The van der Waals surface area contributed by atoms with E-state index >= 15 is 0 Å². The molecule has 1 heterocycles. The molecule has 29 heavy (non-hydrogen) atoms. The van der Waals surface area contributed by atoms with Gasteiger partial charge in [-0.05, 0) is 53.6 Å². The number of nitrogens with zero attached hydrogens (tertiary/aromatic N) is 4. The predicted molar refractivity (Wildman–Crippen MR) is 108 cm³/mol. The molecule has 0 radical (unpaired) electrons. The lowest BCUT2D eigenvalue weighted by molar-refractivity contribution is -0.114. The first-order valence-corrected chi connectivity index (χ1v) is 9.38. The van der Waals surface area contributed by atoms with Crippen molar-refractivity contribution < 1.29 is 9.59 Å². The van der Waals surface area contributed by atoms with Crippen LogP contribution in [-0.4, -0.2) is 45.6 Å². The Morgan fingerprint density at radius 3 is 2.69 bits per heavy atom. The Morgan fingerprint density at radius 1 is 1.10 bits per heavy atom. The molecule has 4 rings (SSSR count). The summed E-state index contributed by atoms with van der Waals surface area (Å²) in [6, 6.07) is 14.8. The standard InChI is InChI=1S/C20H21N7O2/c1-21-20(29)14-5-3-7-16(11-14)23-18(28)12-22-15-6-2-4-13(10-15)19-24-25-26-27(19)17-8-9-17/h2-7,10-11,17,22H,8-9,12H2,1H3,(H,21,29)(H,23,28). The Labute approximate surface area is 167 Å². The molecule has 0 bridgehead atoms. The van der Waals surface area contributed by atoms with Gasteiger partial charge < -0.3 is 16.0 Å². The highest BCUT2D eigenvalue weighted by Gasteiger charge is 2.28. The van der Waals surface area contributed by atoms with Gasteiger partial charge in [-0.2, -0.15) is 0 Å². The van der Waals surface area contributed by atoms with Crippen LogP contribution in [0.1, 0.15) is 29.2 Å². The number of benzene rings is 2. The summed E-state index contributed by atoms with van der Waals surface area (Å²) in [5.41, 5.74) is 2.74. The van der Waals surface area contributed by atoms with E-state index in [9.17, 15) is 9.59 Å². The van der Waals surface area contributed by atoms with Gasteiger partial charge in [0.1, 0.15) is 0 Å². The molecule has 9 heteroatoms. The van der Waals surface area contributed by atoms with Crippen LogP contribution < -0.4 is 16.0 Å². The summed E-state index contributed by atoms with van der Waals surface area (Å²) in [4.78, 5) is 24.0. The maximum Gasteiger partial charge on any atom is 0.251 e. The van der Waals surface area contributed by atoms with Gasteiger partial charge in [0.15, 0.2) is 5.82 Å². The maximum atomic E-state index is 12.3. The molecule has 2 amide bonds. The van der Waals surface area contributed by atoms with Crippen LogP contribution in [0.4, 0.5) is 11.4 Å². The average Bonchev–Trinajstić information content (AvgIpc) is 3.48. The third-order valence-corrected chi connectivity index (χ3v) is 4.59. The minimum absolute atomic E-state index is 0.0845. The number of carbonyl (C=O) groups excluding carboxylic acids is 2. The molecule has 0 atom stereocenters. The van der Waals surface area contributed by atoms with Crippen molar-refractivity contribution in [2.75, 3.05) is 24.2 Å². The van der Waals surface area contributed by atoms with Crippen LogP contribution in [0.2, 0.25) is 0 Å². The lowest BCUT2D eigenvalue weighted by Crippen LogP contribution is -2.22. The van der Waals surface area contributed by atoms with Crippen LogP contribution in [-0.2, 0) is 4.79 Å². The summed E-state index contributed by atoms with van der Waals surface area (Å²) in [5.74, 6) is 0.309. The zero-order chi connectivity index (χ0) is 20.2. The van der Waals surface area contributed by atoms with Gasteiger partial charge in [-0.3, -0.25) is 9.59 Å². The van der Waals surface area contributed by atoms with Crippen molar-refractivity contribution in [3.63, 3.8) is 0 Å². The molecular formula is C20H21N7O2. The fourth-order valence-corrected chi connectivity index (χ4v) is 2.99. The van der Waals surface area contributed by atoms with Crippen molar-refractivity contribution in [1.82, 2.24) is 25.5 Å². The molecule has 3 aromatic rings. The van der Waals surface area contributed by atoms with E-state index in [4.69, 9.17) is 0 Å². The van der Waals surface area contributed by atoms with E-state index < -0.39 is 0 Å². The Balaban J connectivity index is 1.38. The fraction of sp³-hybridized carbons (Fsp3) is 0.250. The molecule has 1 saturated carbocycles. The molecule has 148 valence electrons. The number of hydrogen-bond acceptors (Lipinski definition) is 6. The molecule has 1 aliphatic carbocycles. The highest BCUT2D eigenvalue weighted by atomic mass is 16.2. The Kier molecular flexibility index (Phi) is 5.19. The second-order valence-corrected chi connectivity index (χ2v) is 6.82. The average molecular weight is 391 g/mol. The predicted octanol–water partition coefficient (Wildman–Crippen LogP) is 2.09. The molecule has 0 aliphatic heterocycles. The number of hydrogen-bond donors (Lipinski definition) is 3. The molecular weight excluding hydrogens is 370 g/mol. The van der Waals surface area contributed by atoms with Crippen LogP contribution in [0.5, 0.6) is 0 Å². The summed E-state index contributed by atoms with van der Waals surface area (Å²) in [5, 5.41) is 20.5. The molecule has 1 aromatic heterocycles. The van der Waals surface area contributed by atoms with E-state index in [0.29, 0.717) is 17.3 Å². The smallest absolute Gasteiger partial charge is 0.251 e. The van der Waals surface area contributed by atoms with E-state index in [2.05, 4.69) is 31.5 Å². The first kappa shape index (κ1) is 18.6. The van der Waals surface area contributed by atoms with E-state index in [1.165, 1.54) is 0 Å². The lowest BCUT2D eigenvalue weighted by Gasteiger charge is -2.10. The monoisotopic (exact) mass is 391 g/mol. The lowest BCUT2D eigenvalue weighted by atomic mass is 10.2. The van der Waals surface area contributed by atoms with Gasteiger partial charge >= 0.3 is 0 Å². The van der Waals surface area contributed by atoms with E-state index in [-0.39, 0.29) is 18.4 Å². The highest BCUT2D eigenvalue weighted by molar-refractivity contribution is 5.98. The van der Waals surface area contributed by atoms with Gasteiger partial charge in [-0.15, -0.1) is 5.10 Å². The van der Waals surface area contributed by atoms with Gasteiger partial charge in [-0.25, -0.2) is 4.68 Å². The molecule has 0 spiro atoms. The van der Waals surface area contributed by atoms with E-state index in [1.54, 1.807) is 31.3 Å². The maximum absolute atomic E-state index is 12.3. The topological polar surface area (TPSA) is 114 Å². The normalized spacial score (nSPS) is 13.0. The number of aromatic nitrogens is 4. The van der Waals surface area contributed by atoms with Gasteiger partial charge in [0.25, 0.3) is 5.91 Å². The van der Waals surface area contributed by atoms with Crippen LogP contribution in [0, 0.1) is 0 Å². The molecule has 1 fully saturated rings. The van der Waals surface area contributed by atoms with Crippen LogP contribution in [0.15, 0.2) is 48.5 Å². The Morgan fingerprint density at radius 2 is 1.90 bits per heavy atom. The number of tetrazole rings is 1. The quantitative estimate of drug-likeness (QED) is 0.568. The van der Waals surface area contributed by atoms with E-state index in [0.717, 1.165) is 29.9 Å². The summed E-state index contributed by atoms with van der Waals surface area (Å²) in [7, 11) is 1.56. The molecule has 2 aromatic carbocycles. The van der Waals surface area contributed by atoms with Crippen molar-refractivity contribution in [3.8, 4) is 11.4 Å². The van der Waals surface area contributed by atoms with Crippen molar-refractivity contribution in [1.29, 1.82) is 0 Å². The van der Waals surface area contributed by atoms with Crippen molar-refractivity contribution in [3.05, 3.63) is 54.1 Å². The largest absolute Gasteiger partial charge is 0.376 e. The number of amides is 2. The number of carbonyl (C=O) groups is 2. The zero-order valence-corrected chi connectivity index (χ0v) is 15.9. The summed E-state index contributed by atoms with van der Waals surface area (Å²) >= 11 is 0. The summed E-state index contributed by atoms with van der Waals surface area (Å²) in [6.45, 7) is 0.0845. The third kappa shape index (κ3) is 4.40. The summed E-state index contributed by atoms with van der Waals surface area (Å²) in [6.07, 6.45) is 2.19. The van der Waals surface area contributed by atoms with Gasteiger partial charge in [0.2, 0.25) is 5.91 Å². The number of nitrogens with one attached hydrogen (secondary N) is 3. The number of rotatable bonds is 7. The third-order valence-electron chi connectivity index (χ3n) is 4.59. The zero-order valence-electron chi connectivity index (χ0n) is 15.9. The molecule has 1 aliphatic rings. The van der Waals surface area contributed by atoms with Gasteiger partial charge in [-0.1, -0.05) is 18.2 Å². The van der Waals surface area contributed by atoms with E-state index in [1.807, 2.05) is 28.9 Å². The first-order chi connectivity index (χ1) is 14.1. The van der Waals surface area contributed by atoms with Crippen molar-refractivity contribution >= 4 is 23.2 Å². The van der Waals surface area contributed by atoms with Crippen LogP contribution in [0.3, 0.4) is 0 Å². The van der Waals surface area contributed by atoms with Crippen molar-refractivity contribution in [2.24, 2.45) is 0 Å². The van der Waals surface area contributed by atoms with Crippen molar-refractivity contribution in [2.45, 2.75) is 18.9 Å². The minimum atomic E-state index is -0.215. The molecule has 0 unspecified atom stereocenters. The van der Waals surface area contributed by atoms with Crippen LogP contribution in [0.25, 0.3) is 11.4 Å². The van der Waals surface area contributed by atoms with Crippen LogP contribution >= 0.6 is 0 Å². The molecule has 3 N–H and O–H groups in total. The Hall–Kier alpha value is -3.75. The number of anilines is 2. The minimum Gasteiger partial charge on any atom is -0.376 e. The fourth-order valence-electron chi connectivity index (χ4n) is 2.99. The second kappa shape index (κ2) is 8.09. The van der Waals surface area contributed by atoms with Gasteiger partial charge in [0, 0.05) is 29.5 Å². The SMILES string of the molecule is CNC(=O)c1cccc(NC(=O)CNc2cccc(-c3nnnn3C3CC3)c2)c1.